The highest BCUT2D eigenvalue weighted by atomic mass is 32.1. The summed E-state index contributed by atoms with van der Waals surface area (Å²) in [7, 11) is 0. The van der Waals surface area contributed by atoms with E-state index in [0.717, 1.165) is 57.7 Å². The SMILES string of the molecule is NC(=S)CCCCN1CCN(c2ccc(F)cc2)CC1. The van der Waals surface area contributed by atoms with E-state index in [1.165, 1.54) is 12.1 Å². The molecule has 5 heteroatoms. The van der Waals surface area contributed by atoms with Crippen molar-refractivity contribution in [3.05, 3.63) is 30.1 Å². The number of nitrogens with zero attached hydrogens (tertiary/aromatic N) is 2. The number of anilines is 1. The van der Waals surface area contributed by atoms with Gasteiger partial charge in [0, 0.05) is 31.9 Å². The van der Waals surface area contributed by atoms with Crippen LogP contribution in [-0.4, -0.2) is 42.6 Å². The molecule has 1 saturated heterocycles. The summed E-state index contributed by atoms with van der Waals surface area (Å²) in [6.07, 6.45) is 3.08. The minimum atomic E-state index is -0.176. The molecule has 2 rings (SSSR count). The number of thiocarbonyl (C=S) groups is 1. The van der Waals surface area contributed by atoms with Gasteiger partial charge in [0.25, 0.3) is 0 Å². The zero-order valence-electron chi connectivity index (χ0n) is 11.7. The van der Waals surface area contributed by atoms with E-state index in [9.17, 15) is 4.39 Å². The second-order valence-electron chi connectivity index (χ2n) is 5.23. The van der Waals surface area contributed by atoms with Crippen molar-refractivity contribution in [3.8, 4) is 0 Å². The Hall–Kier alpha value is -1.20. The number of benzene rings is 1. The third-order valence-corrected chi connectivity index (χ3v) is 3.92. The molecule has 0 atom stereocenters. The Labute approximate surface area is 125 Å². The van der Waals surface area contributed by atoms with E-state index in [4.69, 9.17) is 18.0 Å². The van der Waals surface area contributed by atoms with Gasteiger partial charge in [-0.2, -0.15) is 0 Å². The third kappa shape index (κ3) is 4.72. The van der Waals surface area contributed by atoms with Crippen LogP contribution in [0, 0.1) is 5.82 Å². The summed E-state index contributed by atoms with van der Waals surface area (Å²) in [5.41, 5.74) is 6.60. The predicted octanol–water partition coefficient (Wildman–Crippen LogP) is 2.40. The van der Waals surface area contributed by atoms with Crippen LogP contribution in [0.2, 0.25) is 0 Å². The monoisotopic (exact) mass is 295 g/mol. The summed E-state index contributed by atoms with van der Waals surface area (Å²) >= 11 is 4.87. The van der Waals surface area contributed by atoms with Crippen molar-refractivity contribution in [3.63, 3.8) is 0 Å². The van der Waals surface area contributed by atoms with Gasteiger partial charge < -0.3 is 10.6 Å². The van der Waals surface area contributed by atoms with Crippen molar-refractivity contribution in [1.29, 1.82) is 0 Å². The van der Waals surface area contributed by atoms with Crippen molar-refractivity contribution in [1.82, 2.24) is 4.90 Å². The fourth-order valence-corrected chi connectivity index (χ4v) is 2.66. The highest BCUT2D eigenvalue weighted by Crippen LogP contribution is 2.17. The summed E-state index contributed by atoms with van der Waals surface area (Å²) in [4.78, 5) is 5.40. The minimum Gasteiger partial charge on any atom is -0.393 e. The van der Waals surface area contributed by atoms with E-state index >= 15 is 0 Å². The zero-order chi connectivity index (χ0) is 14.4. The molecule has 1 aliphatic heterocycles. The van der Waals surface area contributed by atoms with Crippen LogP contribution in [0.15, 0.2) is 24.3 Å². The average molecular weight is 295 g/mol. The molecule has 0 spiro atoms. The number of unbranched alkanes of at least 4 members (excludes halogenated alkanes) is 1. The Morgan fingerprint density at radius 3 is 2.35 bits per heavy atom. The first-order valence-electron chi connectivity index (χ1n) is 7.16. The molecule has 3 nitrogen and oxygen atoms in total. The van der Waals surface area contributed by atoms with E-state index in [1.807, 2.05) is 12.1 Å². The lowest BCUT2D eigenvalue weighted by Crippen LogP contribution is -2.46. The van der Waals surface area contributed by atoms with Crippen LogP contribution >= 0.6 is 12.2 Å². The van der Waals surface area contributed by atoms with Crippen LogP contribution in [0.3, 0.4) is 0 Å². The molecule has 0 unspecified atom stereocenters. The lowest BCUT2D eigenvalue weighted by Gasteiger charge is -2.36. The van der Waals surface area contributed by atoms with E-state index in [2.05, 4.69) is 9.80 Å². The fraction of sp³-hybridized carbons (Fsp3) is 0.533. The van der Waals surface area contributed by atoms with Gasteiger partial charge in [-0.05, 0) is 50.1 Å². The molecular weight excluding hydrogens is 273 g/mol. The summed E-state index contributed by atoms with van der Waals surface area (Å²) < 4.78 is 12.9. The molecule has 1 aromatic rings. The maximum absolute atomic E-state index is 12.9. The summed E-state index contributed by atoms with van der Waals surface area (Å²) in [6.45, 7) is 5.23. The number of nitrogens with two attached hydrogens (primary N) is 1. The van der Waals surface area contributed by atoms with Gasteiger partial charge in [-0.3, -0.25) is 4.90 Å². The van der Waals surface area contributed by atoms with Crippen molar-refractivity contribution >= 4 is 22.9 Å². The minimum absolute atomic E-state index is 0.176. The first kappa shape index (κ1) is 15.2. The van der Waals surface area contributed by atoms with Crippen LogP contribution in [-0.2, 0) is 0 Å². The first-order chi connectivity index (χ1) is 9.65. The van der Waals surface area contributed by atoms with Crippen LogP contribution in [0.1, 0.15) is 19.3 Å². The number of halogens is 1. The van der Waals surface area contributed by atoms with Crippen LogP contribution in [0.25, 0.3) is 0 Å². The maximum atomic E-state index is 12.9. The summed E-state index contributed by atoms with van der Waals surface area (Å²) in [5, 5.41) is 0. The van der Waals surface area contributed by atoms with Crippen molar-refractivity contribution < 1.29 is 4.39 Å². The molecule has 110 valence electrons. The Morgan fingerprint density at radius 1 is 1.10 bits per heavy atom. The lowest BCUT2D eigenvalue weighted by atomic mass is 10.2. The van der Waals surface area contributed by atoms with Gasteiger partial charge in [0.1, 0.15) is 5.82 Å². The Balaban J connectivity index is 1.69. The lowest BCUT2D eigenvalue weighted by molar-refractivity contribution is 0.253. The van der Waals surface area contributed by atoms with Gasteiger partial charge in [-0.15, -0.1) is 0 Å². The van der Waals surface area contributed by atoms with Gasteiger partial charge in [0.05, 0.1) is 4.99 Å². The number of hydrogen-bond donors (Lipinski definition) is 1. The smallest absolute Gasteiger partial charge is 0.123 e. The normalized spacial score (nSPS) is 16.4. The largest absolute Gasteiger partial charge is 0.393 e. The van der Waals surface area contributed by atoms with Gasteiger partial charge >= 0.3 is 0 Å². The number of hydrogen-bond acceptors (Lipinski definition) is 3. The molecular formula is C15H22FN3S. The standard InChI is InChI=1S/C15H22FN3S/c16-13-4-6-14(7-5-13)19-11-9-18(10-12-19)8-2-1-3-15(17)20/h4-7H,1-3,8-12H2,(H2,17,20). The molecule has 0 saturated carbocycles. The second-order valence-corrected chi connectivity index (χ2v) is 5.75. The molecule has 0 aromatic heterocycles. The number of rotatable bonds is 6. The van der Waals surface area contributed by atoms with Crippen LogP contribution < -0.4 is 10.6 Å². The average Bonchev–Trinajstić information content (AvgIpc) is 2.45. The molecule has 0 bridgehead atoms. The predicted molar refractivity (Wildman–Crippen MR) is 85.7 cm³/mol. The van der Waals surface area contributed by atoms with E-state index in [0.29, 0.717) is 4.99 Å². The van der Waals surface area contributed by atoms with Gasteiger partial charge in [0.2, 0.25) is 0 Å². The molecule has 0 aliphatic carbocycles. The quantitative estimate of drug-likeness (QED) is 0.645. The first-order valence-corrected chi connectivity index (χ1v) is 7.57. The molecule has 20 heavy (non-hydrogen) atoms. The fourth-order valence-electron chi connectivity index (χ4n) is 2.52. The van der Waals surface area contributed by atoms with Crippen molar-refractivity contribution in [2.24, 2.45) is 5.73 Å². The maximum Gasteiger partial charge on any atom is 0.123 e. The summed E-state index contributed by atoms with van der Waals surface area (Å²) in [6, 6.07) is 6.76. The topological polar surface area (TPSA) is 32.5 Å². The molecule has 1 aliphatic rings. The third-order valence-electron chi connectivity index (χ3n) is 3.71. The number of piperazine rings is 1. The van der Waals surface area contributed by atoms with Crippen molar-refractivity contribution in [2.45, 2.75) is 19.3 Å². The summed E-state index contributed by atoms with van der Waals surface area (Å²) in [5.74, 6) is -0.176. The van der Waals surface area contributed by atoms with Gasteiger partial charge in [-0.1, -0.05) is 12.2 Å². The van der Waals surface area contributed by atoms with Crippen molar-refractivity contribution in [2.75, 3.05) is 37.6 Å². The Morgan fingerprint density at radius 2 is 1.75 bits per heavy atom. The Kier molecular flexibility index (Phi) is 5.73. The molecule has 1 aromatic carbocycles. The highest BCUT2D eigenvalue weighted by molar-refractivity contribution is 7.80. The van der Waals surface area contributed by atoms with Gasteiger partial charge in [0.15, 0.2) is 0 Å². The van der Waals surface area contributed by atoms with Gasteiger partial charge in [-0.25, -0.2) is 4.39 Å². The van der Waals surface area contributed by atoms with Crippen LogP contribution in [0.5, 0.6) is 0 Å². The van der Waals surface area contributed by atoms with E-state index < -0.39 is 0 Å². The van der Waals surface area contributed by atoms with Crippen LogP contribution in [0.4, 0.5) is 10.1 Å². The van der Waals surface area contributed by atoms with E-state index in [1.54, 1.807) is 0 Å². The highest BCUT2D eigenvalue weighted by Gasteiger charge is 2.16. The zero-order valence-corrected chi connectivity index (χ0v) is 12.5. The van der Waals surface area contributed by atoms with E-state index in [-0.39, 0.29) is 5.82 Å². The second kappa shape index (κ2) is 7.55. The Bertz CT molecular complexity index is 427. The molecule has 2 N–H and O–H groups in total. The molecule has 0 amide bonds. The molecule has 1 fully saturated rings. The molecule has 0 radical (unpaired) electrons. The molecule has 1 heterocycles.